The third kappa shape index (κ3) is 4.84. The first-order valence-corrected chi connectivity index (χ1v) is 7.41. The first-order chi connectivity index (χ1) is 8.88. The zero-order chi connectivity index (χ0) is 12.6. The highest BCUT2D eigenvalue weighted by atomic mass is 16.5. The molecule has 1 N–H and O–H groups in total. The quantitative estimate of drug-likeness (QED) is 0.772. The molecule has 0 radical (unpaired) electrons. The predicted molar refractivity (Wildman–Crippen MR) is 72.9 cm³/mol. The number of methoxy groups -OCH3 is 1. The minimum atomic E-state index is 0.688. The number of piperidine rings is 1. The third-order valence-electron chi connectivity index (χ3n) is 4.13. The standard InChI is InChI=1S/C14H28N2O2/c1-17-10-7-16-6-2-3-13(12-16)11-15-14-4-8-18-9-5-14/h13-15H,2-12H2,1H3. The number of hydrogen-bond acceptors (Lipinski definition) is 4. The molecular weight excluding hydrogens is 228 g/mol. The highest BCUT2D eigenvalue weighted by Gasteiger charge is 2.21. The van der Waals surface area contributed by atoms with E-state index in [0.717, 1.165) is 32.3 Å². The van der Waals surface area contributed by atoms with Gasteiger partial charge in [-0.05, 0) is 44.7 Å². The maximum atomic E-state index is 5.39. The summed E-state index contributed by atoms with van der Waals surface area (Å²) in [4.78, 5) is 2.54. The fraction of sp³-hybridized carbons (Fsp3) is 1.00. The molecule has 1 unspecified atom stereocenters. The molecule has 0 spiro atoms. The van der Waals surface area contributed by atoms with Gasteiger partial charge in [-0.3, -0.25) is 0 Å². The molecule has 2 aliphatic heterocycles. The van der Waals surface area contributed by atoms with Crippen LogP contribution in [0.1, 0.15) is 25.7 Å². The van der Waals surface area contributed by atoms with E-state index in [1.54, 1.807) is 7.11 Å². The third-order valence-corrected chi connectivity index (χ3v) is 4.13. The Hall–Kier alpha value is -0.160. The molecule has 0 aromatic carbocycles. The van der Waals surface area contributed by atoms with Gasteiger partial charge in [0.05, 0.1) is 6.61 Å². The monoisotopic (exact) mass is 256 g/mol. The van der Waals surface area contributed by atoms with E-state index in [2.05, 4.69) is 10.2 Å². The smallest absolute Gasteiger partial charge is 0.0589 e. The predicted octanol–water partition coefficient (Wildman–Crippen LogP) is 1.11. The van der Waals surface area contributed by atoms with Crippen LogP contribution in [0.2, 0.25) is 0 Å². The summed E-state index contributed by atoms with van der Waals surface area (Å²) in [5, 5.41) is 3.73. The molecule has 2 saturated heterocycles. The van der Waals surface area contributed by atoms with Crippen LogP contribution in [-0.2, 0) is 9.47 Å². The number of nitrogens with one attached hydrogen (secondary N) is 1. The maximum Gasteiger partial charge on any atom is 0.0589 e. The summed E-state index contributed by atoms with van der Waals surface area (Å²) in [5.41, 5.74) is 0. The lowest BCUT2D eigenvalue weighted by molar-refractivity contribution is 0.0733. The first kappa shape index (κ1) is 14.3. The Labute approximate surface area is 111 Å². The van der Waals surface area contributed by atoms with Gasteiger partial charge in [0.25, 0.3) is 0 Å². The summed E-state index contributed by atoms with van der Waals surface area (Å²) in [6, 6.07) is 0.688. The van der Waals surface area contributed by atoms with Crippen molar-refractivity contribution in [1.29, 1.82) is 0 Å². The molecule has 0 saturated carbocycles. The summed E-state index contributed by atoms with van der Waals surface area (Å²) < 4.78 is 10.6. The van der Waals surface area contributed by atoms with Crippen molar-refractivity contribution >= 4 is 0 Å². The highest BCUT2D eigenvalue weighted by Crippen LogP contribution is 2.16. The molecular formula is C14H28N2O2. The van der Waals surface area contributed by atoms with Crippen LogP contribution in [0.25, 0.3) is 0 Å². The van der Waals surface area contributed by atoms with Crippen LogP contribution in [-0.4, -0.2) is 64.1 Å². The molecule has 1 atom stereocenters. The SMILES string of the molecule is COCCN1CCCC(CNC2CCOCC2)C1. The lowest BCUT2D eigenvalue weighted by Crippen LogP contribution is -2.44. The molecule has 2 heterocycles. The van der Waals surface area contributed by atoms with Gasteiger partial charge in [-0.25, -0.2) is 0 Å². The molecule has 2 rings (SSSR count). The van der Waals surface area contributed by atoms with Gasteiger partial charge in [-0.2, -0.15) is 0 Å². The second-order valence-corrected chi connectivity index (χ2v) is 5.60. The molecule has 2 aliphatic rings. The lowest BCUT2D eigenvalue weighted by atomic mass is 9.97. The minimum absolute atomic E-state index is 0.688. The zero-order valence-corrected chi connectivity index (χ0v) is 11.7. The number of hydrogen-bond donors (Lipinski definition) is 1. The van der Waals surface area contributed by atoms with Gasteiger partial charge in [-0.1, -0.05) is 0 Å². The lowest BCUT2D eigenvalue weighted by Gasteiger charge is -2.34. The number of ether oxygens (including phenoxy) is 2. The largest absolute Gasteiger partial charge is 0.383 e. The van der Waals surface area contributed by atoms with Crippen molar-refractivity contribution < 1.29 is 9.47 Å². The van der Waals surface area contributed by atoms with E-state index >= 15 is 0 Å². The van der Waals surface area contributed by atoms with Gasteiger partial charge in [0.1, 0.15) is 0 Å². The topological polar surface area (TPSA) is 33.7 Å². The Morgan fingerprint density at radius 2 is 2.11 bits per heavy atom. The van der Waals surface area contributed by atoms with Crippen molar-refractivity contribution in [1.82, 2.24) is 10.2 Å². The van der Waals surface area contributed by atoms with Crippen molar-refractivity contribution in [2.75, 3.05) is 53.1 Å². The molecule has 2 fully saturated rings. The Morgan fingerprint density at radius 1 is 1.28 bits per heavy atom. The van der Waals surface area contributed by atoms with E-state index in [9.17, 15) is 0 Å². The molecule has 4 heteroatoms. The van der Waals surface area contributed by atoms with Gasteiger partial charge in [0.15, 0.2) is 0 Å². The Morgan fingerprint density at radius 3 is 2.89 bits per heavy atom. The second kappa shape index (κ2) is 8.10. The van der Waals surface area contributed by atoms with Crippen LogP contribution in [0.4, 0.5) is 0 Å². The van der Waals surface area contributed by atoms with Gasteiger partial charge in [-0.15, -0.1) is 0 Å². The highest BCUT2D eigenvalue weighted by molar-refractivity contribution is 4.77. The van der Waals surface area contributed by atoms with E-state index in [1.807, 2.05) is 0 Å². The average Bonchev–Trinajstić information content (AvgIpc) is 2.44. The molecule has 0 bridgehead atoms. The number of nitrogens with zero attached hydrogens (tertiary/aromatic N) is 1. The molecule has 4 nitrogen and oxygen atoms in total. The second-order valence-electron chi connectivity index (χ2n) is 5.60. The summed E-state index contributed by atoms with van der Waals surface area (Å²) in [6.45, 7) is 7.47. The van der Waals surface area contributed by atoms with E-state index in [1.165, 1.54) is 45.3 Å². The van der Waals surface area contributed by atoms with Gasteiger partial charge in [0.2, 0.25) is 0 Å². The number of rotatable bonds is 6. The molecule has 0 aliphatic carbocycles. The van der Waals surface area contributed by atoms with Crippen LogP contribution >= 0.6 is 0 Å². The Bertz CT molecular complexity index is 220. The molecule has 106 valence electrons. The zero-order valence-electron chi connectivity index (χ0n) is 11.7. The maximum absolute atomic E-state index is 5.39. The normalized spacial score (nSPS) is 27.5. The first-order valence-electron chi connectivity index (χ1n) is 7.41. The van der Waals surface area contributed by atoms with Crippen molar-refractivity contribution in [3.05, 3.63) is 0 Å². The Balaban J connectivity index is 1.62. The summed E-state index contributed by atoms with van der Waals surface area (Å²) in [5.74, 6) is 0.818. The van der Waals surface area contributed by atoms with Crippen LogP contribution in [0.5, 0.6) is 0 Å². The van der Waals surface area contributed by atoms with Gasteiger partial charge in [0, 0.05) is 39.5 Å². The van der Waals surface area contributed by atoms with E-state index in [0.29, 0.717) is 6.04 Å². The van der Waals surface area contributed by atoms with Crippen LogP contribution in [0.15, 0.2) is 0 Å². The summed E-state index contributed by atoms with van der Waals surface area (Å²) in [6.07, 6.45) is 5.07. The Kier molecular flexibility index (Phi) is 6.41. The van der Waals surface area contributed by atoms with E-state index in [-0.39, 0.29) is 0 Å². The summed E-state index contributed by atoms with van der Waals surface area (Å²) >= 11 is 0. The fourth-order valence-electron chi connectivity index (χ4n) is 2.98. The van der Waals surface area contributed by atoms with Crippen molar-refractivity contribution in [3.8, 4) is 0 Å². The van der Waals surface area contributed by atoms with Crippen LogP contribution in [0.3, 0.4) is 0 Å². The van der Waals surface area contributed by atoms with Gasteiger partial charge >= 0.3 is 0 Å². The molecule has 0 amide bonds. The van der Waals surface area contributed by atoms with Gasteiger partial charge < -0.3 is 19.7 Å². The fourth-order valence-corrected chi connectivity index (χ4v) is 2.98. The van der Waals surface area contributed by atoms with Crippen molar-refractivity contribution in [2.45, 2.75) is 31.7 Å². The molecule has 0 aromatic heterocycles. The summed E-state index contributed by atoms with van der Waals surface area (Å²) in [7, 11) is 1.79. The van der Waals surface area contributed by atoms with Crippen LogP contribution in [0, 0.1) is 5.92 Å². The van der Waals surface area contributed by atoms with E-state index in [4.69, 9.17) is 9.47 Å². The average molecular weight is 256 g/mol. The molecule has 18 heavy (non-hydrogen) atoms. The van der Waals surface area contributed by atoms with Crippen molar-refractivity contribution in [2.24, 2.45) is 5.92 Å². The van der Waals surface area contributed by atoms with Crippen molar-refractivity contribution in [3.63, 3.8) is 0 Å². The molecule has 0 aromatic rings. The van der Waals surface area contributed by atoms with E-state index < -0.39 is 0 Å². The number of likely N-dealkylation sites (tertiary alicyclic amines) is 1. The van der Waals surface area contributed by atoms with Crippen LogP contribution < -0.4 is 5.32 Å². The minimum Gasteiger partial charge on any atom is -0.383 e.